The van der Waals surface area contributed by atoms with E-state index >= 15 is 0 Å². The standard InChI is InChI=1S/C12H26O3Si4.C5H12O3Si/c1-16(2)13-19(14-17(3)4,15-18(5)6)12-10-8-7-9-11-12;1-5-9(6-2,7-3)8-4/h7-11,16-18H,1-6H3;5H,1H2,2-4H3. The van der Waals surface area contributed by atoms with Gasteiger partial charge in [0.15, 0.2) is 27.1 Å². The smallest absolute Gasteiger partial charge is 0.416 e. The van der Waals surface area contributed by atoms with Crippen LogP contribution in [0.3, 0.4) is 0 Å². The van der Waals surface area contributed by atoms with Crippen molar-refractivity contribution >= 4 is 49.9 Å². The molecule has 0 heterocycles. The maximum Gasteiger partial charge on any atom is 0.528 e. The molecule has 0 amide bonds. The first kappa shape index (κ1) is 27.8. The van der Waals surface area contributed by atoms with Crippen molar-refractivity contribution in [3.63, 3.8) is 0 Å². The Kier molecular flexibility index (Phi) is 13.8. The van der Waals surface area contributed by atoms with Gasteiger partial charge in [0, 0.05) is 26.5 Å². The van der Waals surface area contributed by atoms with E-state index in [0.29, 0.717) is 0 Å². The molecule has 0 aliphatic heterocycles. The van der Waals surface area contributed by atoms with Crippen LogP contribution in [0.5, 0.6) is 0 Å². The third kappa shape index (κ3) is 9.54. The van der Waals surface area contributed by atoms with Crippen LogP contribution in [-0.4, -0.2) is 66.1 Å². The minimum absolute atomic E-state index is 1.12. The molecule has 0 fully saturated rings. The third-order valence-corrected chi connectivity index (χ3v) is 16.0. The topological polar surface area (TPSA) is 55.4 Å². The predicted octanol–water partition coefficient (Wildman–Crippen LogP) is 2.42. The largest absolute Gasteiger partial charge is 0.528 e. The molecule has 1 aromatic rings. The van der Waals surface area contributed by atoms with Gasteiger partial charge in [0.05, 0.1) is 0 Å². The second kappa shape index (κ2) is 13.9. The van der Waals surface area contributed by atoms with Crippen molar-refractivity contribution in [1.82, 2.24) is 0 Å². The summed E-state index contributed by atoms with van der Waals surface area (Å²) in [6, 6.07) is 10.3. The molecule has 0 unspecified atom stereocenters. The van der Waals surface area contributed by atoms with E-state index in [1.54, 1.807) is 27.0 Å². The number of benzene rings is 1. The Morgan fingerprint density at radius 2 is 1.07 bits per heavy atom. The van der Waals surface area contributed by atoms with Gasteiger partial charge in [-0.2, -0.15) is 0 Å². The zero-order chi connectivity index (χ0) is 21.8. The molecule has 0 spiro atoms. The third-order valence-electron chi connectivity index (χ3n) is 3.40. The van der Waals surface area contributed by atoms with Gasteiger partial charge in [0.2, 0.25) is 0 Å². The van der Waals surface area contributed by atoms with Crippen LogP contribution < -0.4 is 5.19 Å². The lowest BCUT2D eigenvalue weighted by atomic mass is 10.4. The molecule has 0 radical (unpaired) electrons. The van der Waals surface area contributed by atoms with Gasteiger partial charge in [0.25, 0.3) is 0 Å². The zero-order valence-electron chi connectivity index (χ0n) is 18.9. The molecular formula is C17H38O6Si5. The Morgan fingerprint density at radius 3 is 1.29 bits per heavy atom. The van der Waals surface area contributed by atoms with E-state index in [1.807, 2.05) is 18.2 Å². The Labute approximate surface area is 178 Å². The molecule has 0 aliphatic rings. The Balaban J connectivity index is 0.000000684. The molecular weight excluding hydrogens is 441 g/mol. The van der Waals surface area contributed by atoms with E-state index in [4.69, 9.17) is 25.6 Å². The summed E-state index contributed by atoms with van der Waals surface area (Å²) in [6.07, 6.45) is 0. The van der Waals surface area contributed by atoms with Crippen molar-refractivity contribution in [1.29, 1.82) is 0 Å². The predicted molar refractivity (Wildman–Crippen MR) is 129 cm³/mol. The molecule has 0 aromatic heterocycles. The molecule has 0 N–H and O–H groups in total. The van der Waals surface area contributed by atoms with Crippen molar-refractivity contribution in [2.75, 3.05) is 21.3 Å². The highest BCUT2D eigenvalue weighted by Crippen LogP contribution is 2.15. The van der Waals surface area contributed by atoms with Crippen LogP contribution in [-0.2, 0) is 25.6 Å². The summed E-state index contributed by atoms with van der Waals surface area (Å²) in [4.78, 5) is 0. The van der Waals surface area contributed by atoms with Gasteiger partial charge in [-0.05, 0) is 45.0 Å². The molecule has 0 atom stereocenters. The normalized spacial score (nSPS) is 12.3. The summed E-state index contributed by atoms with van der Waals surface area (Å²) in [6.45, 7) is 16.6. The molecule has 28 heavy (non-hydrogen) atoms. The molecule has 0 aliphatic carbocycles. The summed E-state index contributed by atoms with van der Waals surface area (Å²) >= 11 is 0. The van der Waals surface area contributed by atoms with Gasteiger partial charge in [-0.15, -0.1) is 0 Å². The first-order chi connectivity index (χ1) is 13.1. The zero-order valence-corrected chi connectivity index (χ0v) is 24.3. The lowest BCUT2D eigenvalue weighted by Gasteiger charge is -2.35. The van der Waals surface area contributed by atoms with E-state index in [2.05, 4.69) is 58.0 Å². The van der Waals surface area contributed by atoms with Gasteiger partial charge in [-0.1, -0.05) is 36.9 Å². The summed E-state index contributed by atoms with van der Waals surface area (Å²) in [5, 5.41) is 1.12. The highest BCUT2D eigenvalue weighted by atomic mass is 28.5. The monoisotopic (exact) mass is 478 g/mol. The summed E-state index contributed by atoms with van der Waals surface area (Å²) in [5.74, 6) is 0. The second-order valence-corrected chi connectivity index (χ2v) is 20.5. The number of hydrogen-bond acceptors (Lipinski definition) is 6. The molecule has 1 aromatic carbocycles. The SMILES string of the molecule is C=C[Si](OC)(OC)OC.C[SiH](C)O[Si](O[SiH](C)C)(O[SiH](C)C)c1ccccc1. The maximum absolute atomic E-state index is 6.35. The van der Waals surface area contributed by atoms with E-state index in [1.165, 1.54) is 0 Å². The van der Waals surface area contributed by atoms with Gasteiger partial charge in [-0.3, -0.25) is 0 Å². The van der Waals surface area contributed by atoms with Crippen LogP contribution in [0.15, 0.2) is 42.6 Å². The van der Waals surface area contributed by atoms with Crippen LogP contribution >= 0.6 is 0 Å². The second-order valence-electron chi connectivity index (χ2n) is 6.84. The summed E-state index contributed by atoms with van der Waals surface area (Å²) in [7, 11) is -4.16. The van der Waals surface area contributed by atoms with Crippen LogP contribution in [0.1, 0.15) is 0 Å². The molecule has 6 nitrogen and oxygen atoms in total. The van der Waals surface area contributed by atoms with E-state index < -0.39 is 44.7 Å². The van der Waals surface area contributed by atoms with Crippen LogP contribution in [0.2, 0.25) is 39.3 Å². The Morgan fingerprint density at radius 1 is 0.714 bits per heavy atom. The van der Waals surface area contributed by atoms with Crippen molar-refractivity contribution < 1.29 is 25.6 Å². The van der Waals surface area contributed by atoms with Crippen molar-refractivity contribution in [2.45, 2.75) is 39.3 Å². The van der Waals surface area contributed by atoms with E-state index in [-0.39, 0.29) is 0 Å². The fraction of sp³-hybridized carbons (Fsp3) is 0.529. The lowest BCUT2D eigenvalue weighted by Crippen LogP contribution is -2.61. The van der Waals surface area contributed by atoms with Gasteiger partial charge in [0.1, 0.15) is 0 Å². The quantitative estimate of drug-likeness (QED) is 0.455. The highest BCUT2D eigenvalue weighted by molar-refractivity contribution is 6.88. The first-order valence-corrected chi connectivity index (χ1v) is 21.3. The minimum Gasteiger partial charge on any atom is -0.416 e. The summed E-state index contributed by atoms with van der Waals surface area (Å²) in [5.41, 5.74) is 1.58. The molecule has 0 bridgehead atoms. The number of hydrogen-bond donors (Lipinski definition) is 0. The van der Waals surface area contributed by atoms with Gasteiger partial charge < -0.3 is 25.6 Å². The molecule has 11 heteroatoms. The Bertz CT molecular complexity index is 505. The first-order valence-electron chi connectivity index (χ1n) is 9.48. The number of rotatable bonds is 11. The molecule has 1 rings (SSSR count). The maximum atomic E-state index is 6.35. The van der Waals surface area contributed by atoms with E-state index in [9.17, 15) is 0 Å². The van der Waals surface area contributed by atoms with Crippen molar-refractivity contribution in [3.8, 4) is 0 Å². The molecule has 162 valence electrons. The lowest BCUT2D eigenvalue weighted by molar-refractivity contribution is 0.138. The van der Waals surface area contributed by atoms with Crippen molar-refractivity contribution in [3.05, 3.63) is 42.6 Å². The van der Waals surface area contributed by atoms with Gasteiger partial charge >= 0.3 is 17.6 Å². The van der Waals surface area contributed by atoms with Crippen LogP contribution in [0.4, 0.5) is 0 Å². The fourth-order valence-electron chi connectivity index (χ4n) is 2.36. The van der Waals surface area contributed by atoms with Gasteiger partial charge in [-0.25, -0.2) is 0 Å². The minimum atomic E-state index is -2.68. The van der Waals surface area contributed by atoms with Crippen LogP contribution in [0, 0.1) is 0 Å². The highest BCUT2D eigenvalue weighted by Gasteiger charge is 2.45. The average molecular weight is 479 g/mol. The van der Waals surface area contributed by atoms with Crippen LogP contribution in [0.25, 0.3) is 0 Å². The molecule has 0 saturated carbocycles. The van der Waals surface area contributed by atoms with E-state index in [0.717, 1.165) is 5.19 Å². The fourth-order valence-corrected chi connectivity index (χ4v) is 15.2. The Hall–Kier alpha value is -0.196. The van der Waals surface area contributed by atoms with Crippen molar-refractivity contribution in [2.24, 2.45) is 0 Å². The average Bonchev–Trinajstić information content (AvgIpc) is 2.63. The molecule has 0 saturated heterocycles. The summed E-state index contributed by atoms with van der Waals surface area (Å²) < 4.78 is 33.9.